The smallest absolute Gasteiger partial charge is 0.341 e. The molecule has 1 aliphatic carbocycles. The molecule has 34 heavy (non-hydrogen) atoms. The van der Waals surface area contributed by atoms with Gasteiger partial charge in [0.1, 0.15) is 17.4 Å². The van der Waals surface area contributed by atoms with Crippen LogP contribution in [0.5, 0.6) is 5.75 Å². The van der Waals surface area contributed by atoms with Crippen molar-refractivity contribution in [3.63, 3.8) is 0 Å². The highest BCUT2D eigenvalue weighted by Crippen LogP contribution is 2.34. The lowest BCUT2D eigenvalue weighted by Crippen LogP contribution is -2.15. The number of Topliss-reactive ketones (excluding diaryl/α,β-unsaturated/α-hetero) is 1. The third-order valence-corrected chi connectivity index (χ3v) is 7.15. The number of hydrogen-bond acceptors (Lipinski definition) is 6. The molecule has 2 aromatic carbocycles. The van der Waals surface area contributed by atoms with Crippen LogP contribution in [0.15, 0.2) is 42.5 Å². The van der Waals surface area contributed by atoms with Crippen LogP contribution in [0.3, 0.4) is 0 Å². The summed E-state index contributed by atoms with van der Waals surface area (Å²) in [7, 11) is 0. The van der Waals surface area contributed by atoms with Crippen molar-refractivity contribution in [3.05, 3.63) is 80.7 Å². The molecule has 6 nitrogen and oxygen atoms in total. The summed E-state index contributed by atoms with van der Waals surface area (Å²) < 4.78 is 11.1. The van der Waals surface area contributed by atoms with Crippen molar-refractivity contribution in [1.29, 1.82) is 0 Å². The molecule has 0 spiro atoms. The molecule has 1 amide bonds. The first-order valence-corrected chi connectivity index (χ1v) is 12.1. The first-order chi connectivity index (χ1) is 16.4. The van der Waals surface area contributed by atoms with Gasteiger partial charge in [-0.3, -0.25) is 9.59 Å². The van der Waals surface area contributed by atoms with E-state index in [9.17, 15) is 14.4 Å². The standard InChI is InChI=1S/C27H27NO5S/c1-4-32-27(31)23-16(2)24(17(3)29)34-26(23)28-25(30)21-10-5-7-18(13-21)15-33-22-12-11-19-8-6-9-20(19)14-22/h5,7,10-14H,4,6,8-9,15H2,1-3H3,(H,28,30). The second-order valence-corrected chi connectivity index (χ2v) is 9.28. The highest BCUT2D eigenvalue weighted by molar-refractivity contribution is 7.18. The van der Waals surface area contributed by atoms with E-state index >= 15 is 0 Å². The first kappa shape index (κ1) is 23.7. The summed E-state index contributed by atoms with van der Waals surface area (Å²) in [6.07, 6.45) is 3.40. The van der Waals surface area contributed by atoms with Crippen LogP contribution in [0.25, 0.3) is 0 Å². The normalized spacial score (nSPS) is 12.2. The Kier molecular flexibility index (Phi) is 7.12. The van der Waals surface area contributed by atoms with Crippen LogP contribution in [0.2, 0.25) is 0 Å². The number of fused-ring (bicyclic) bond motifs is 1. The van der Waals surface area contributed by atoms with E-state index in [1.165, 1.54) is 24.5 Å². The summed E-state index contributed by atoms with van der Waals surface area (Å²) in [6.45, 7) is 5.36. The van der Waals surface area contributed by atoms with Gasteiger partial charge in [-0.2, -0.15) is 0 Å². The van der Waals surface area contributed by atoms with Crippen LogP contribution in [0.4, 0.5) is 5.00 Å². The Bertz CT molecular complexity index is 1260. The Balaban J connectivity index is 1.50. The molecular formula is C27H27NO5S. The van der Waals surface area contributed by atoms with E-state index in [1.54, 1.807) is 32.0 Å². The number of rotatable bonds is 8. The molecule has 7 heteroatoms. The molecule has 4 rings (SSSR count). The number of ketones is 1. The number of anilines is 1. The molecule has 0 unspecified atom stereocenters. The highest BCUT2D eigenvalue weighted by atomic mass is 32.1. The quantitative estimate of drug-likeness (QED) is 0.330. The number of amides is 1. The molecule has 0 atom stereocenters. The van der Waals surface area contributed by atoms with Gasteiger partial charge in [-0.25, -0.2) is 4.79 Å². The van der Waals surface area contributed by atoms with Gasteiger partial charge in [-0.1, -0.05) is 18.2 Å². The summed E-state index contributed by atoms with van der Waals surface area (Å²) in [5, 5.41) is 3.11. The number of benzene rings is 2. The Morgan fingerprint density at radius 2 is 1.85 bits per heavy atom. The van der Waals surface area contributed by atoms with E-state index < -0.39 is 5.97 Å². The largest absolute Gasteiger partial charge is 0.489 e. The Morgan fingerprint density at radius 1 is 1.06 bits per heavy atom. The average Bonchev–Trinajstić information content (AvgIpc) is 3.41. The SMILES string of the molecule is CCOC(=O)c1c(NC(=O)c2cccc(COc3ccc4c(c3)CCC4)c2)sc(C(C)=O)c1C. The number of nitrogens with one attached hydrogen (secondary N) is 1. The van der Waals surface area contributed by atoms with E-state index in [2.05, 4.69) is 17.4 Å². The number of aryl methyl sites for hydroxylation is 2. The minimum Gasteiger partial charge on any atom is -0.489 e. The molecule has 0 radical (unpaired) electrons. The van der Waals surface area contributed by atoms with Gasteiger partial charge in [0, 0.05) is 5.56 Å². The Labute approximate surface area is 202 Å². The zero-order valence-corrected chi connectivity index (χ0v) is 20.3. The van der Waals surface area contributed by atoms with Crippen molar-refractivity contribution >= 4 is 34.0 Å². The predicted octanol–water partition coefficient (Wildman–Crippen LogP) is 5.76. The maximum atomic E-state index is 13.0. The third-order valence-electron chi connectivity index (χ3n) is 5.84. The molecule has 0 bridgehead atoms. The van der Waals surface area contributed by atoms with Gasteiger partial charge < -0.3 is 14.8 Å². The van der Waals surface area contributed by atoms with Crippen molar-refractivity contribution in [2.24, 2.45) is 0 Å². The molecular weight excluding hydrogens is 450 g/mol. The highest BCUT2D eigenvalue weighted by Gasteiger charge is 2.25. The van der Waals surface area contributed by atoms with Crippen LogP contribution >= 0.6 is 11.3 Å². The summed E-state index contributed by atoms with van der Waals surface area (Å²) >= 11 is 1.09. The monoisotopic (exact) mass is 477 g/mol. The van der Waals surface area contributed by atoms with Gasteiger partial charge in [-0.15, -0.1) is 11.3 Å². The fourth-order valence-electron chi connectivity index (χ4n) is 4.17. The molecule has 0 aliphatic heterocycles. The first-order valence-electron chi connectivity index (χ1n) is 11.3. The minimum absolute atomic E-state index is 0.167. The molecule has 0 saturated heterocycles. The van der Waals surface area contributed by atoms with E-state index in [0.29, 0.717) is 27.6 Å². The van der Waals surface area contributed by atoms with Gasteiger partial charge in [0.25, 0.3) is 5.91 Å². The van der Waals surface area contributed by atoms with Crippen molar-refractivity contribution in [3.8, 4) is 5.75 Å². The number of carbonyl (C=O) groups is 3. The van der Waals surface area contributed by atoms with Gasteiger partial charge in [0.2, 0.25) is 0 Å². The van der Waals surface area contributed by atoms with Crippen LogP contribution in [-0.2, 0) is 24.2 Å². The lowest BCUT2D eigenvalue weighted by molar-refractivity contribution is 0.0527. The maximum absolute atomic E-state index is 13.0. The molecule has 1 aliphatic rings. The van der Waals surface area contributed by atoms with E-state index in [1.807, 2.05) is 12.1 Å². The van der Waals surface area contributed by atoms with Crippen molar-refractivity contribution < 1.29 is 23.9 Å². The summed E-state index contributed by atoms with van der Waals surface area (Å²) in [6, 6.07) is 13.4. The Morgan fingerprint density at radius 3 is 2.62 bits per heavy atom. The van der Waals surface area contributed by atoms with Crippen LogP contribution in [-0.4, -0.2) is 24.3 Å². The minimum atomic E-state index is -0.560. The second-order valence-electron chi connectivity index (χ2n) is 8.26. The number of ether oxygens (including phenoxy) is 2. The van der Waals surface area contributed by atoms with Crippen LogP contribution in [0, 0.1) is 6.92 Å². The fraction of sp³-hybridized carbons (Fsp3) is 0.296. The molecule has 0 fully saturated rings. The second kappa shape index (κ2) is 10.2. The van der Waals surface area contributed by atoms with Gasteiger partial charge >= 0.3 is 5.97 Å². The van der Waals surface area contributed by atoms with Gasteiger partial charge in [0.15, 0.2) is 5.78 Å². The van der Waals surface area contributed by atoms with E-state index in [-0.39, 0.29) is 23.9 Å². The van der Waals surface area contributed by atoms with Crippen LogP contribution in [0.1, 0.15) is 72.9 Å². The number of thiophene rings is 1. The van der Waals surface area contributed by atoms with Crippen molar-refractivity contribution in [1.82, 2.24) is 0 Å². The van der Waals surface area contributed by atoms with Gasteiger partial charge in [-0.05, 0) is 86.6 Å². The van der Waals surface area contributed by atoms with Crippen molar-refractivity contribution in [2.75, 3.05) is 11.9 Å². The number of hydrogen-bond donors (Lipinski definition) is 1. The summed E-state index contributed by atoms with van der Waals surface area (Å²) in [5.41, 5.74) is 4.76. The van der Waals surface area contributed by atoms with E-state index in [0.717, 1.165) is 35.5 Å². The number of esters is 1. The van der Waals surface area contributed by atoms with Gasteiger partial charge in [0.05, 0.1) is 17.0 Å². The maximum Gasteiger partial charge on any atom is 0.341 e. The molecule has 1 heterocycles. The zero-order chi connectivity index (χ0) is 24.2. The lowest BCUT2D eigenvalue weighted by atomic mass is 10.1. The van der Waals surface area contributed by atoms with Crippen LogP contribution < -0.4 is 10.1 Å². The molecule has 3 aromatic rings. The Hall–Kier alpha value is -3.45. The number of carbonyl (C=O) groups excluding carboxylic acids is 3. The molecule has 1 N–H and O–H groups in total. The summed E-state index contributed by atoms with van der Waals surface area (Å²) in [5.74, 6) is -0.281. The average molecular weight is 478 g/mol. The molecule has 1 aromatic heterocycles. The third kappa shape index (κ3) is 5.04. The predicted molar refractivity (Wildman–Crippen MR) is 132 cm³/mol. The zero-order valence-electron chi connectivity index (χ0n) is 19.5. The molecule has 0 saturated carbocycles. The van der Waals surface area contributed by atoms with E-state index in [4.69, 9.17) is 9.47 Å². The van der Waals surface area contributed by atoms with Crippen molar-refractivity contribution in [2.45, 2.75) is 46.6 Å². The summed E-state index contributed by atoms with van der Waals surface area (Å²) in [4.78, 5) is 37.9. The lowest BCUT2D eigenvalue weighted by Gasteiger charge is -2.10. The fourth-order valence-corrected chi connectivity index (χ4v) is 5.25. The molecule has 176 valence electrons. The topological polar surface area (TPSA) is 81.7 Å².